The van der Waals surface area contributed by atoms with Crippen molar-refractivity contribution in [2.45, 2.75) is 0 Å². The Morgan fingerprint density at radius 2 is 1.14 bits per heavy atom. The highest BCUT2D eigenvalue weighted by Crippen LogP contribution is 2.38. The quantitative estimate of drug-likeness (QED) is 0.492. The Hall–Kier alpha value is -2.31. The van der Waals surface area contributed by atoms with E-state index in [4.69, 9.17) is 0 Å². The van der Waals surface area contributed by atoms with E-state index in [9.17, 15) is 0 Å². The summed E-state index contributed by atoms with van der Waals surface area (Å²) >= 11 is 0. The maximum absolute atomic E-state index is 2.31. The molecule has 0 spiro atoms. The third kappa shape index (κ3) is 2.28. The van der Waals surface area contributed by atoms with Gasteiger partial charge in [0.25, 0.3) is 0 Å². The molecule has 0 N–H and O–H groups in total. The second-order valence-corrected chi connectivity index (χ2v) is 6.97. The zero-order valence-electron chi connectivity index (χ0n) is 11.5. The normalized spacial score (nSPS) is 11.3. The fraction of sp³-hybridized carbons (Fsp3) is 0. The van der Waals surface area contributed by atoms with Gasteiger partial charge in [-0.3, -0.25) is 0 Å². The van der Waals surface area contributed by atoms with Gasteiger partial charge in [-0.25, -0.2) is 0 Å². The number of hydrogen-bond donors (Lipinski definition) is 0. The van der Waals surface area contributed by atoms with Crippen molar-refractivity contribution in [3.05, 3.63) is 91.5 Å². The van der Waals surface area contributed by atoms with E-state index in [1.54, 1.807) is 0 Å². The average Bonchev–Trinajstić information content (AvgIpc) is 3.21. The molecule has 2 nitrogen and oxygen atoms in total. The monoisotopic (exact) mass is 290 g/mol. The van der Waals surface area contributed by atoms with Gasteiger partial charge in [0, 0.05) is 30.1 Å². The lowest BCUT2D eigenvalue weighted by atomic mass is 10.1. The molecule has 0 atom stereocenters. The number of aromatic nitrogens is 2. The molecule has 0 fully saturated rings. The number of fused-ring (bicyclic) bond motifs is 1. The maximum Gasteiger partial charge on any atom is 0.136 e. The first-order valence-electron chi connectivity index (χ1n) is 6.97. The Morgan fingerprint density at radius 1 is 0.571 bits per heavy atom. The van der Waals surface area contributed by atoms with E-state index in [1.165, 1.54) is 16.1 Å². The summed E-state index contributed by atoms with van der Waals surface area (Å²) in [5.74, 6) is 0. The summed E-state index contributed by atoms with van der Waals surface area (Å²) in [5.41, 5.74) is 0. The Balaban J connectivity index is 1.89. The molecule has 0 radical (unpaired) electrons. The summed E-state index contributed by atoms with van der Waals surface area (Å²) in [6, 6.07) is 23.6. The van der Waals surface area contributed by atoms with Gasteiger partial charge >= 0.3 is 0 Å². The molecule has 21 heavy (non-hydrogen) atoms. The van der Waals surface area contributed by atoms with Crippen LogP contribution in [0.1, 0.15) is 0 Å². The number of rotatable bonds is 3. The highest BCUT2D eigenvalue weighted by atomic mass is 31.1. The first kappa shape index (κ1) is 12.4. The summed E-state index contributed by atoms with van der Waals surface area (Å²) in [4.78, 5) is 0. The third-order valence-electron chi connectivity index (χ3n) is 3.58. The van der Waals surface area contributed by atoms with Crippen molar-refractivity contribution in [1.82, 2.24) is 8.68 Å². The van der Waals surface area contributed by atoms with E-state index in [-0.39, 0.29) is 0 Å². The standard InChI is InChI=1S/C18H15N2P/c1-2-8-17-15-18(10-9-16(17)7-1)21(19-11-3-4-12-19)20-13-5-6-14-20/h1-15H. The van der Waals surface area contributed by atoms with Crippen LogP contribution in [0.15, 0.2) is 91.5 Å². The third-order valence-corrected chi connectivity index (χ3v) is 5.73. The Bertz CT molecular complexity index is 814. The Labute approximate surface area is 125 Å². The Kier molecular flexibility index (Phi) is 3.10. The predicted molar refractivity (Wildman–Crippen MR) is 90.2 cm³/mol. The van der Waals surface area contributed by atoms with Gasteiger partial charge in [0.15, 0.2) is 0 Å². The summed E-state index contributed by atoms with van der Waals surface area (Å²) in [6.07, 6.45) is 8.56. The Morgan fingerprint density at radius 3 is 1.76 bits per heavy atom. The molecule has 102 valence electrons. The predicted octanol–water partition coefficient (Wildman–Crippen LogP) is 4.48. The maximum atomic E-state index is 2.31. The second-order valence-electron chi connectivity index (χ2n) is 4.95. The van der Waals surface area contributed by atoms with E-state index in [1.807, 2.05) is 0 Å². The van der Waals surface area contributed by atoms with Crippen molar-refractivity contribution in [2.75, 3.05) is 0 Å². The van der Waals surface area contributed by atoms with Crippen molar-refractivity contribution in [1.29, 1.82) is 0 Å². The van der Waals surface area contributed by atoms with Crippen LogP contribution in [0.2, 0.25) is 0 Å². The molecule has 4 aromatic rings. The van der Waals surface area contributed by atoms with Crippen LogP contribution in [-0.2, 0) is 0 Å². The molecule has 0 unspecified atom stereocenters. The van der Waals surface area contributed by atoms with Crippen molar-refractivity contribution < 1.29 is 0 Å². The molecule has 0 aliphatic rings. The summed E-state index contributed by atoms with van der Waals surface area (Å²) in [6.45, 7) is 0. The van der Waals surface area contributed by atoms with Crippen LogP contribution in [0.5, 0.6) is 0 Å². The lowest BCUT2D eigenvalue weighted by Gasteiger charge is -2.21. The van der Waals surface area contributed by atoms with Crippen molar-refractivity contribution >= 4 is 24.3 Å². The fourth-order valence-electron chi connectivity index (χ4n) is 2.59. The van der Waals surface area contributed by atoms with Gasteiger partial charge in [0.2, 0.25) is 0 Å². The highest BCUT2D eigenvalue weighted by molar-refractivity contribution is 7.62. The van der Waals surface area contributed by atoms with Crippen LogP contribution in [-0.4, -0.2) is 8.68 Å². The number of nitrogens with zero attached hydrogens (tertiary/aromatic N) is 2. The van der Waals surface area contributed by atoms with E-state index in [2.05, 4.69) is 100 Å². The molecule has 0 aliphatic heterocycles. The first-order chi connectivity index (χ1) is 10.4. The lowest BCUT2D eigenvalue weighted by molar-refractivity contribution is 1.15. The largest absolute Gasteiger partial charge is 0.312 e. The number of hydrogen-bond acceptors (Lipinski definition) is 0. The van der Waals surface area contributed by atoms with Crippen LogP contribution < -0.4 is 5.30 Å². The molecule has 2 aromatic heterocycles. The summed E-state index contributed by atoms with van der Waals surface area (Å²) < 4.78 is 4.58. The second kappa shape index (κ2) is 5.23. The molecular weight excluding hydrogens is 275 g/mol. The van der Waals surface area contributed by atoms with Crippen LogP contribution >= 0.6 is 8.22 Å². The number of benzene rings is 2. The van der Waals surface area contributed by atoms with Gasteiger partial charge in [-0.15, -0.1) is 0 Å². The van der Waals surface area contributed by atoms with Crippen LogP contribution in [0.3, 0.4) is 0 Å². The zero-order chi connectivity index (χ0) is 14.1. The van der Waals surface area contributed by atoms with E-state index >= 15 is 0 Å². The molecule has 4 rings (SSSR count). The van der Waals surface area contributed by atoms with Gasteiger partial charge in [0.1, 0.15) is 8.22 Å². The van der Waals surface area contributed by atoms with Gasteiger partial charge in [-0.2, -0.15) is 0 Å². The molecule has 2 heterocycles. The molecule has 0 saturated heterocycles. The molecule has 3 heteroatoms. The van der Waals surface area contributed by atoms with Gasteiger partial charge < -0.3 is 8.68 Å². The lowest BCUT2D eigenvalue weighted by Crippen LogP contribution is -2.11. The minimum atomic E-state index is -0.612. The van der Waals surface area contributed by atoms with E-state index in [0.717, 1.165) is 0 Å². The van der Waals surface area contributed by atoms with E-state index in [0.29, 0.717) is 0 Å². The fourth-order valence-corrected chi connectivity index (χ4v) is 4.64. The minimum Gasteiger partial charge on any atom is -0.312 e. The van der Waals surface area contributed by atoms with Crippen LogP contribution in [0, 0.1) is 0 Å². The van der Waals surface area contributed by atoms with Crippen LogP contribution in [0.25, 0.3) is 10.8 Å². The minimum absolute atomic E-state index is 0.612. The van der Waals surface area contributed by atoms with Crippen LogP contribution in [0.4, 0.5) is 0 Å². The van der Waals surface area contributed by atoms with Crippen molar-refractivity contribution in [3.63, 3.8) is 0 Å². The smallest absolute Gasteiger partial charge is 0.136 e. The molecule has 0 saturated carbocycles. The summed E-state index contributed by atoms with van der Waals surface area (Å²) in [7, 11) is -0.612. The van der Waals surface area contributed by atoms with Gasteiger partial charge in [0.05, 0.1) is 0 Å². The molecule has 0 aliphatic carbocycles. The zero-order valence-corrected chi connectivity index (χ0v) is 12.4. The SMILES string of the molecule is c1ccc2cc(P(n3cccc3)n3cccc3)ccc2c1. The van der Waals surface area contributed by atoms with Crippen molar-refractivity contribution in [2.24, 2.45) is 0 Å². The van der Waals surface area contributed by atoms with Gasteiger partial charge in [-0.05, 0) is 41.1 Å². The molecule has 0 bridgehead atoms. The topological polar surface area (TPSA) is 9.86 Å². The molecule has 0 amide bonds. The van der Waals surface area contributed by atoms with Crippen molar-refractivity contribution in [3.8, 4) is 0 Å². The highest BCUT2D eigenvalue weighted by Gasteiger charge is 2.15. The van der Waals surface area contributed by atoms with Gasteiger partial charge in [-0.1, -0.05) is 36.4 Å². The average molecular weight is 290 g/mol. The summed E-state index contributed by atoms with van der Waals surface area (Å²) in [5, 5.41) is 3.93. The molecular formula is C18H15N2P. The molecule has 2 aromatic carbocycles. The van der Waals surface area contributed by atoms with E-state index < -0.39 is 8.22 Å². The first-order valence-corrected chi connectivity index (χ1v) is 8.22.